The van der Waals surface area contributed by atoms with Crippen LogP contribution in [-0.2, 0) is 0 Å². The van der Waals surface area contributed by atoms with Crippen LogP contribution in [0.25, 0.3) is 0 Å². The molecule has 0 unspecified atom stereocenters. The highest BCUT2D eigenvalue weighted by Gasteiger charge is 2.15. The summed E-state index contributed by atoms with van der Waals surface area (Å²) in [5, 5.41) is 3.27. The Labute approximate surface area is 58.3 Å². The fraction of sp³-hybridized carbons (Fsp3) is 1.00. The zero-order chi connectivity index (χ0) is 6.69. The molecule has 9 heavy (non-hydrogen) atoms. The molecule has 56 valence electrons. The van der Waals surface area contributed by atoms with Crippen LogP contribution in [0.5, 0.6) is 0 Å². The molecule has 0 atom stereocenters. The Morgan fingerprint density at radius 2 is 1.89 bits per heavy atom. The molecule has 2 nitrogen and oxygen atoms in total. The molecule has 2 heteroatoms. The van der Waals surface area contributed by atoms with Gasteiger partial charge in [-0.05, 0) is 32.7 Å². The summed E-state index contributed by atoms with van der Waals surface area (Å²) in [7, 11) is 2.03. The van der Waals surface area contributed by atoms with E-state index in [4.69, 9.17) is 5.73 Å². The quantitative estimate of drug-likeness (QED) is 0.549. The first-order valence-electron chi connectivity index (χ1n) is 3.76. The van der Waals surface area contributed by atoms with E-state index < -0.39 is 0 Å². The predicted octanol–water partition coefficient (Wildman–Crippen LogP) is 0.722. The average Bonchev–Trinajstić information content (AvgIpc) is 1.90. The molecule has 1 aliphatic rings. The largest absolute Gasteiger partial charge is 0.328 e. The van der Waals surface area contributed by atoms with Crippen LogP contribution < -0.4 is 11.1 Å². The first-order valence-corrected chi connectivity index (χ1v) is 3.76. The van der Waals surface area contributed by atoms with Gasteiger partial charge in [0.2, 0.25) is 0 Å². The van der Waals surface area contributed by atoms with Gasteiger partial charge in [-0.15, -0.1) is 0 Å². The van der Waals surface area contributed by atoms with Crippen LogP contribution in [0, 0.1) is 0 Å². The zero-order valence-electron chi connectivity index (χ0n) is 6.06. The van der Waals surface area contributed by atoms with Crippen molar-refractivity contribution in [2.24, 2.45) is 5.73 Å². The Kier molecular flexibility index (Phi) is 2.49. The van der Waals surface area contributed by atoms with Crippen LogP contribution in [0.3, 0.4) is 0 Å². The standard InChI is InChI=1S/C7H16N2.H2/c1-9-7-4-2-6(8)3-5-7;/h6-7,9H,2-5,8H2,1H3;1H. The van der Waals surface area contributed by atoms with Crippen LogP contribution in [0.15, 0.2) is 0 Å². The molecule has 1 fully saturated rings. The second-order valence-electron chi connectivity index (χ2n) is 2.90. The number of rotatable bonds is 1. The highest BCUT2D eigenvalue weighted by atomic mass is 14.9. The number of nitrogens with one attached hydrogen (secondary N) is 1. The van der Waals surface area contributed by atoms with Gasteiger partial charge < -0.3 is 11.1 Å². The highest BCUT2D eigenvalue weighted by Crippen LogP contribution is 2.15. The molecule has 1 rings (SSSR count). The van der Waals surface area contributed by atoms with Crippen LogP contribution in [0.4, 0.5) is 0 Å². The summed E-state index contributed by atoms with van der Waals surface area (Å²) in [5.41, 5.74) is 5.72. The maximum atomic E-state index is 5.72. The lowest BCUT2D eigenvalue weighted by Crippen LogP contribution is -2.35. The van der Waals surface area contributed by atoms with E-state index in [9.17, 15) is 0 Å². The minimum absolute atomic E-state index is 0. The van der Waals surface area contributed by atoms with Crippen molar-refractivity contribution < 1.29 is 1.43 Å². The molecule has 0 heterocycles. The first kappa shape index (κ1) is 7.03. The summed E-state index contributed by atoms with van der Waals surface area (Å²) in [6, 6.07) is 1.22. The maximum absolute atomic E-state index is 5.72. The Hall–Kier alpha value is -0.0800. The molecule has 0 aromatic heterocycles. The fourth-order valence-corrected chi connectivity index (χ4v) is 1.41. The van der Waals surface area contributed by atoms with Gasteiger partial charge in [-0.25, -0.2) is 0 Å². The van der Waals surface area contributed by atoms with Gasteiger partial charge in [-0.1, -0.05) is 0 Å². The van der Waals surface area contributed by atoms with Gasteiger partial charge in [0.1, 0.15) is 0 Å². The number of nitrogens with two attached hydrogens (primary N) is 1. The Morgan fingerprint density at radius 1 is 1.33 bits per heavy atom. The van der Waals surface area contributed by atoms with E-state index in [1.807, 2.05) is 7.05 Å². The third-order valence-electron chi connectivity index (χ3n) is 2.18. The van der Waals surface area contributed by atoms with E-state index >= 15 is 0 Å². The number of hydrogen-bond acceptors (Lipinski definition) is 2. The van der Waals surface area contributed by atoms with E-state index in [1.165, 1.54) is 25.7 Å². The normalized spacial score (nSPS) is 36.7. The van der Waals surface area contributed by atoms with Gasteiger partial charge in [-0.2, -0.15) is 0 Å². The molecule has 1 aliphatic carbocycles. The molecule has 0 saturated heterocycles. The van der Waals surface area contributed by atoms with E-state index in [2.05, 4.69) is 5.32 Å². The molecular weight excluding hydrogens is 112 g/mol. The van der Waals surface area contributed by atoms with Gasteiger partial charge >= 0.3 is 0 Å². The van der Waals surface area contributed by atoms with Crippen molar-refractivity contribution in [3.05, 3.63) is 0 Å². The molecule has 1 saturated carbocycles. The SMILES string of the molecule is CNC1CCC(N)CC1.[HH]. The van der Waals surface area contributed by atoms with Crippen LogP contribution in [0.1, 0.15) is 27.1 Å². The summed E-state index contributed by atoms with van der Waals surface area (Å²) in [6.07, 6.45) is 4.92. The van der Waals surface area contributed by atoms with Gasteiger partial charge in [-0.3, -0.25) is 0 Å². The molecule has 0 aliphatic heterocycles. The maximum Gasteiger partial charge on any atom is 0.00652 e. The second kappa shape index (κ2) is 3.18. The molecule has 3 N–H and O–H groups in total. The van der Waals surface area contributed by atoms with Gasteiger partial charge in [0.25, 0.3) is 0 Å². The van der Waals surface area contributed by atoms with Crippen LogP contribution in [-0.4, -0.2) is 19.1 Å². The summed E-state index contributed by atoms with van der Waals surface area (Å²) in [6.45, 7) is 0. The van der Waals surface area contributed by atoms with Crippen LogP contribution in [0.2, 0.25) is 0 Å². The van der Waals surface area contributed by atoms with Gasteiger partial charge in [0.15, 0.2) is 0 Å². The van der Waals surface area contributed by atoms with Crippen molar-refractivity contribution in [1.82, 2.24) is 5.32 Å². The summed E-state index contributed by atoms with van der Waals surface area (Å²) < 4.78 is 0. The molecule has 0 aromatic carbocycles. The summed E-state index contributed by atoms with van der Waals surface area (Å²) >= 11 is 0. The van der Waals surface area contributed by atoms with Crippen molar-refractivity contribution in [3.63, 3.8) is 0 Å². The minimum atomic E-state index is 0. The van der Waals surface area contributed by atoms with Crippen molar-refractivity contribution >= 4 is 0 Å². The second-order valence-corrected chi connectivity index (χ2v) is 2.90. The van der Waals surface area contributed by atoms with E-state index in [0.717, 1.165) is 6.04 Å². The smallest absolute Gasteiger partial charge is 0.00652 e. The highest BCUT2D eigenvalue weighted by molar-refractivity contribution is 4.77. The zero-order valence-corrected chi connectivity index (χ0v) is 6.06. The lowest BCUT2D eigenvalue weighted by atomic mass is 9.92. The fourth-order valence-electron chi connectivity index (χ4n) is 1.41. The molecular formula is C7H18N2. The Bertz CT molecular complexity index is 79.7. The van der Waals surface area contributed by atoms with Crippen molar-refractivity contribution in [2.45, 2.75) is 37.8 Å². The van der Waals surface area contributed by atoms with Crippen LogP contribution >= 0.6 is 0 Å². The third-order valence-corrected chi connectivity index (χ3v) is 2.18. The van der Waals surface area contributed by atoms with E-state index in [-0.39, 0.29) is 1.43 Å². The first-order chi connectivity index (χ1) is 4.33. The topological polar surface area (TPSA) is 38.0 Å². The van der Waals surface area contributed by atoms with E-state index in [0.29, 0.717) is 6.04 Å². The lowest BCUT2D eigenvalue weighted by molar-refractivity contribution is 0.358. The van der Waals surface area contributed by atoms with Crippen molar-refractivity contribution in [1.29, 1.82) is 0 Å². The molecule has 0 bridgehead atoms. The van der Waals surface area contributed by atoms with Crippen molar-refractivity contribution in [2.75, 3.05) is 7.05 Å². The summed E-state index contributed by atoms with van der Waals surface area (Å²) in [4.78, 5) is 0. The monoisotopic (exact) mass is 130 g/mol. The Balaban J connectivity index is 0.000000810. The lowest BCUT2D eigenvalue weighted by Gasteiger charge is -2.25. The molecule has 0 spiro atoms. The van der Waals surface area contributed by atoms with Gasteiger partial charge in [0, 0.05) is 13.5 Å². The molecule has 0 amide bonds. The van der Waals surface area contributed by atoms with Crippen molar-refractivity contribution in [3.8, 4) is 0 Å². The minimum Gasteiger partial charge on any atom is -0.328 e. The predicted molar refractivity (Wildman–Crippen MR) is 41.4 cm³/mol. The third kappa shape index (κ3) is 1.95. The van der Waals surface area contributed by atoms with E-state index in [1.54, 1.807) is 0 Å². The molecule has 0 radical (unpaired) electrons. The number of hydrogen-bond donors (Lipinski definition) is 2. The average molecular weight is 130 g/mol. The Morgan fingerprint density at radius 3 is 2.33 bits per heavy atom. The van der Waals surface area contributed by atoms with Gasteiger partial charge in [0.05, 0.1) is 0 Å². The summed E-state index contributed by atoms with van der Waals surface area (Å²) in [5.74, 6) is 0. The molecule has 0 aromatic rings.